The zero-order chi connectivity index (χ0) is 18.2. The van der Waals surface area contributed by atoms with Crippen LogP contribution in [0.15, 0.2) is 47.4 Å². The average molecular weight is 368 g/mol. The molecule has 0 amide bonds. The number of rotatable bonds is 3. The molecule has 2 nitrogen and oxygen atoms in total. The molecule has 2 aromatic carbocycles. The maximum absolute atomic E-state index is 14.4. The van der Waals surface area contributed by atoms with Crippen LogP contribution in [0.1, 0.15) is 16.7 Å². The van der Waals surface area contributed by atoms with E-state index in [1.165, 1.54) is 30.0 Å². The van der Waals surface area contributed by atoms with Crippen molar-refractivity contribution >= 4 is 28.9 Å². The first-order chi connectivity index (χ1) is 11.8. The van der Waals surface area contributed by atoms with E-state index in [1.807, 2.05) is 6.26 Å². The molecule has 1 aliphatic rings. The van der Waals surface area contributed by atoms with E-state index in [4.69, 9.17) is 4.74 Å². The molecule has 0 fully saturated rings. The third kappa shape index (κ3) is 3.42. The van der Waals surface area contributed by atoms with E-state index in [1.54, 1.807) is 12.1 Å². The topological polar surface area (TPSA) is 26.3 Å². The van der Waals surface area contributed by atoms with Crippen LogP contribution in [-0.4, -0.2) is 18.8 Å². The van der Waals surface area contributed by atoms with Gasteiger partial charge in [0.05, 0.1) is 11.1 Å². The number of benzene rings is 2. The highest BCUT2D eigenvalue weighted by Gasteiger charge is 2.32. The Morgan fingerprint density at radius 1 is 1.08 bits per heavy atom. The number of alkyl halides is 3. The lowest BCUT2D eigenvalue weighted by atomic mass is 9.95. The highest BCUT2D eigenvalue weighted by molar-refractivity contribution is 7.98. The van der Waals surface area contributed by atoms with Crippen LogP contribution in [0.25, 0.3) is 11.1 Å². The third-order valence-corrected chi connectivity index (χ3v) is 4.58. The van der Waals surface area contributed by atoms with E-state index in [9.17, 15) is 22.4 Å². The van der Waals surface area contributed by atoms with E-state index in [0.717, 1.165) is 17.0 Å². The molecular weight excluding hydrogens is 356 g/mol. The van der Waals surface area contributed by atoms with Crippen molar-refractivity contribution in [1.29, 1.82) is 0 Å². The first kappa shape index (κ1) is 17.5. The van der Waals surface area contributed by atoms with Crippen LogP contribution in [0.4, 0.5) is 17.6 Å². The second kappa shape index (κ2) is 6.55. The Bertz CT molecular complexity index is 854. The van der Waals surface area contributed by atoms with Crippen molar-refractivity contribution in [3.05, 3.63) is 65.0 Å². The molecule has 0 spiro atoms. The van der Waals surface area contributed by atoms with Gasteiger partial charge in [-0.25, -0.2) is 9.18 Å². The summed E-state index contributed by atoms with van der Waals surface area (Å²) < 4.78 is 57.4. The molecule has 3 rings (SSSR count). The molecule has 130 valence electrons. The smallest absolute Gasteiger partial charge is 0.416 e. The normalized spacial score (nSPS) is 14.8. The van der Waals surface area contributed by atoms with Crippen molar-refractivity contribution in [2.24, 2.45) is 0 Å². The van der Waals surface area contributed by atoms with Crippen molar-refractivity contribution in [3.63, 3.8) is 0 Å². The molecule has 1 aliphatic heterocycles. The summed E-state index contributed by atoms with van der Waals surface area (Å²) in [5.74, 6) is -1.19. The van der Waals surface area contributed by atoms with Gasteiger partial charge in [-0.1, -0.05) is 18.2 Å². The summed E-state index contributed by atoms with van der Waals surface area (Å²) >= 11 is 1.38. The summed E-state index contributed by atoms with van der Waals surface area (Å²) in [4.78, 5) is 12.8. The van der Waals surface area contributed by atoms with Crippen LogP contribution >= 0.6 is 11.8 Å². The number of cyclic esters (lactones) is 1. The molecule has 0 saturated heterocycles. The Hall–Kier alpha value is -2.28. The lowest BCUT2D eigenvalue weighted by molar-refractivity contribution is -0.137. The molecule has 1 heterocycles. The molecule has 0 aliphatic carbocycles. The van der Waals surface area contributed by atoms with Crippen molar-refractivity contribution < 1.29 is 27.1 Å². The molecule has 0 atom stereocenters. The van der Waals surface area contributed by atoms with E-state index in [0.29, 0.717) is 5.57 Å². The lowest BCUT2D eigenvalue weighted by Gasteiger charge is -2.09. The van der Waals surface area contributed by atoms with Gasteiger partial charge in [-0.15, -0.1) is 11.8 Å². The van der Waals surface area contributed by atoms with Gasteiger partial charge in [0.2, 0.25) is 0 Å². The number of thioether (sulfide) groups is 1. The fraction of sp³-hybridized carbons (Fsp3) is 0.167. The average Bonchev–Trinajstić information content (AvgIpc) is 2.95. The van der Waals surface area contributed by atoms with Crippen molar-refractivity contribution in [1.82, 2.24) is 0 Å². The summed E-state index contributed by atoms with van der Waals surface area (Å²) in [5, 5.41) is 0. The van der Waals surface area contributed by atoms with Crippen molar-refractivity contribution in [2.45, 2.75) is 11.1 Å². The molecular formula is C18H12F4O2S. The van der Waals surface area contributed by atoms with E-state index < -0.39 is 23.5 Å². The van der Waals surface area contributed by atoms with Gasteiger partial charge < -0.3 is 4.74 Å². The molecule has 0 saturated carbocycles. The van der Waals surface area contributed by atoms with Gasteiger partial charge in [-0.3, -0.25) is 0 Å². The summed E-state index contributed by atoms with van der Waals surface area (Å²) in [7, 11) is 0. The van der Waals surface area contributed by atoms with Gasteiger partial charge >= 0.3 is 12.1 Å². The number of hydrogen-bond acceptors (Lipinski definition) is 3. The standard InChI is InChI=1S/C18H12F4O2S/c1-25-12-6-7-13(15(19)8-12)14-9-24-17(23)16(14)10-2-4-11(5-3-10)18(20,21)22/h2-8H,9H2,1H3. The SMILES string of the molecule is CSc1ccc(C2=C(c3ccc(C(F)(F)F)cc3)C(=O)OC2)c(F)c1. The molecule has 0 unspecified atom stereocenters. The summed E-state index contributed by atoms with van der Waals surface area (Å²) in [6.45, 7) is -0.120. The number of carbonyl (C=O) groups excluding carboxylic acids is 1. The number of esters is 1. The summed E-state index contributed by atoms with van der Waals surface area (Å²) in [6, 6.07) is 8.77. The number of carbonyl (C=O) groups is 1. The van der Waals surface area contributed by atoms with Crippen molar-refractivity contribution in [3.8, 4) is 0 Å². The second-order valence-corrected chi connectivity index (χ2v) is 6.23. The Balaban J connectivity index is 2.08. The van der Waals surface area contributed by atoms with Crippen LogP contribution in [0, 0.1) is 5.82 Å². The largest absolute Gasteiger partial charge is 0.457 e. The first-order valence-electron chi connectivity index (χ1n) is 7.23. The molecule has 0 aromatic heterocycles. The van der Waals surface area contributed by atoms with E-state index in [-0.39, 0.29) is 23.3 Å². The molecule has 25 heavy (non-hydrogen) atoms. The molecule has 2 aromatic rings. The Kier molecular flexibility index (Phi) is 4.60. The quantitative estimate of drug-likeness (QED) is 0.432. The van der Waals surface area contributed by atoms with Crippen LogP contribution in [-0.2, 0) is 15.7 Å². The monoisotopic (exact) mass is 368 g/mol. The van der Waals surface area contributed by atoms with Gasteiger partial charge in [-0.05, 0) is 36.1 Å². The fourth-order valence-corrected chi connectivity index (χ4v) is 3.03. The predicted octanol–water partition coefficient (Wildman–Crippen LogP) is 5.03. The van der Waals surface area contributed by atoms with Gasteiger partial charge in [0.25, 0.3) is 0 Å². The van der Waals surface area contributed by atoms with E-state index in [2.05, 4.69) is 0 Å². The number of hydrogen-bond donors (Lipinski definition) is 0. The third-order valence-electron chi connectivity index (χ3n) is 3.86. The maximum Gasteiger partial charge on any atom is 0.416 e. The first-order valence-corrected chi connectivity index (χ1v) is 8.45. The molecule has 7 heteroatoms. The second-order valence-electron chi connectivity index (χ2n) is 5.35. The molecule has 0 radical (unpaired) electrons. The summed E-state index contributed by atoms with van der Waals surface area (Å²) in [6.07, 6.45) is -2.66. The van der Waals surface area contributed by atoms with Crippen LogP contribution in [0.5, 0.6) is 0 Å². The van der Waals surface area contributed by atoms with Crippen LogP contribution in [0.2, 0.25) is 0 Å². The minimum atomic E-state index is -4.47. The van der Waals surface area contributed by atoms with E-state index >= 15 is 0 Å². The Morgan fingerprint density at radius 3 is 2.32 bits per heavy atom. The van der Waals surface area contributed by atoms with Gasteiger partial charge in [0.15, 0.2) is 0 Å². The van der Waals surface area contributed by atoms with Gasteiger partial charge in [0.1, 0.15) is 12.4 Å². The van der Waals surface area contributed by atoms with Crippen LogP contribution < -0.4 is 0 Å². The highest BCUT2D eigenvalue weighted by atomic mass is 32.2. The van der Waals surface area contributed by atoms with Crippen molar-refractivity contribution in [2.75, 3.05) is 12.9 Å². The lowest BCUT2D eigenvalue weighted by Crippen LogP contribution is -2.05. The zero-order valence-corrected chi connectivity index (χ0v) is 13.8. The highest BCUT2D eigenvalue weighted by Crippen LogP contribution is 2.36. The fourth-order valence-electron chi connectivity index (χ4n) is 2.60. The zero-order valence-electron chi connectivity index (χ0n) is 13.0. The predicted molar refractivity (Wildman–Crippen MR) is 87.4 cm³/mol. The summed E-state index contributed by atoms with van der Waals surface area (Å²) in [5.41, 5.74) is 0.0668. The minimum Gasteiger partial charge on any atom is -0.457 e. The Morgan fingerprint density at radius 2 is 1.76 bits per heavy atom. The van der Waals surface area contributed by atoms with Gasteiger partial charge in [0, 0.05) is 16.0 Å². The molecule has 0 bridgehead atoms. The van der Waals surface area contributed by atoms with Gasteiger partial charge in [-0.2, -0.15) is 13.2 Å². The maximum atomic E-state index is 14.4. The number of halogens is 4. The number of ether oxygens (including phenoxy) is 1. The molecule has 0 N–H and O–H groups in total. The Labute approximate surface area is 145 Å². The minimum absolute atomic E-state index is 0.0875. The van der Waals surface area contributed by atoms with Crippen LogP contribution in [0.3, 0.4) is 0 Å².